The summed E-state index contributed by atoms with van der Waals surface area (Å²) in [6.45, 7) is 18.0. The molecule has 14 heteroatoms. The number of cyclic esters (lactones) is 1. The second-order valence-electron chi connectivity index (χ2n) is 17.2. The summed E-state index contributed by atoms with van der Waals surface area (Å²) >= 11 is 0. The van der Waals surface area contributed by atoms with Crippen LogP contribution in [0.3, 0.4) is 0 Å². The predicted molar refractivity (Wildman–Crippen MR) is 194 cm³/mol. The summed E-state index contributed by atoms with van der Waals surface area (Å²) in [4.78, 5) is 18.0. The molecule has 0 amide bonds. The first-order valence-electron chi connectivity index (χ1n) is 19.1. The van der Waals surface area contributed by atoms with E-state index in [4.69, 9.17) is 28.4 Å². The van der Waals surface area contributed by atoms with Crippen molar-refractivity contribution in [3.8, 4) is 0 Å². The van der Waals surface area contributed by atoms with E-state index < -0.39 is 96.0 Å². The van der Waals surface area contributed by atoms with Crippen molar-refractivity contribution in [2.75, 3.05) is 34.8 Å². The van der Waals surface area contributed by atoms with Crippen molar-refractivity contribution in [2.24, 2.45) is 17.8 Å². The predicted octanol–water partition coefficient (Wildman–Crippen LogP) is 1.90. The fourth-order valence-corrected chi connectivity index (χ4v) is 8.74. The lowest BCUT2D eigenvalue weighted by Crippen LogP contribution is -2.60. The summed E-state index contributed by atoms with van der Waals surface area (Å²) in [6, 6.07) is -0.808. The Morgan fingerprint density at radius 3 is 2.12 bits per heavy atom. The van der Waals surface area contributed by atoms with Crippen LogP contribution < -0.4 is 0 Å². The molecule has 3 rings (SSSR count). The van der Waals surface area contributed by atoms with Gasteiger partial charge < -0.3 is 63.8 Å². The summed E-state index contributed by atoms with van der Waals surface area (Å²) in [5.74, 6) is -2.58. The van der Waals surface area contributed by atoms with Gasteiger partial charge in [0.05, 0.1) is 41.5 Å². The van der Waals surface area contributed by atoms with Gasteiger partial charge in [0, 0.05) is 38.1 Å². The molecular weight excluding hydrogens is 676 g/mol. The minimum atomic E-state index is -1.80. The molecule has 0 spiro atoms. The molecule has 0 radical (unpaired) electrons. The molecule has 52 heavy (non-hydrogen) atoms. The summed E-state index contributed by atoms with van der Waals surface area (Å²) < 4.78 is 37.5. The van der Waals surface area contributed by atoms with Gasteiger partial charge in [-0.25, -0.2) is 0 Å². The molecule has 3 heterocycles. The van der Waals surface area contributed by atoms with Gasteiger partial charge in [-0.05, 0) is 94.8 Å². The van der Waals surface area contributed by atoms with Crippen LogP contribution >= 0.6 is 0 Å². The van der Waals surface area contributed by atoms with Crippen LogP contribution in [0.15, 0.2) is 0 Å². The van der Waals surface area contributed by atoms with Gasteiger partial charge in [-0.2, -0.15) is 0 Å². The summed E-state index contributed by atoms with van der Waals surface area (Å²) in [7, 11) is 7.12. The maximum atomic E-state index is 14.2. The number of aliphatic hydroxyl groups excluding tert-OH is 3. The van der Waals surface area contributed by atoms with E-state index in [2.05, 4.69) is 0 Å². The zero-order valence-electron chi connectivity index (χ0n) is 34.2. The summed E-state index contributed by atoms with van der Waals surface area (Å²) in [5.41, 5.74) is -4.37. The molecule has 0 saturated carbocycles. The molecule has 3 saturated heterocycles. The van der Waals surface area contributed by atoms with E-state index in [-0.39, 0.29) is 37.3 Å². The SMILES string of the molecule is CC[C@@H]1OC(=O)C(C)[C@H](OC2C[C@@](C)(OC)[C@@H](O)C(C)O2)C(C)[C@@H](OC2OC(C)CC(N(C)C)[C@H]2O)[C@@](C)(O)C[C@@H](C)CN(C)[C@H](C)[C@@H](O)[C@]1(C)O. The van der Waals surface area contributed by atoms with Crippen LogP contribution in [0.25, 0.3) is 0 Å². The Morgan fingerprint density at radius 2 is 1.56 bits per heavy atom. The standard InChI is InChI=1S/C38H72N2O12/c1-15-27-38(10,46)31(42)24(6)40(13)19-20(2)17-36(8,45)33(52-35-29(41)26(39(11)12)16-21(3)48-35)22(4)30(23(5)34(44)50-27)51-28-18-37(9,47-14)32(43)25(7)49-28/h20-33,35,41-43,45-46H,15-19H2,1-14H3/t20-,21?,22?,23?,24-,25?,26?,27+,28?,29-,30-,31-,32+,33-,35?,36+,37-,38-/m1/s1. The minimum absolute atomic E-state index is 0.133. The molecule has 7 unspecified atom stereocenters. The first kappa shape index (κ1) is 45.4. The smallest absolute Gasteiger partial charge is 0.311 e. The number of carbonyl (C=O) groups is 1. The maximum absolute atomic E-state index is 14.2. The normalized spacial score (nSPS) is 49.6. The van der Waals surface area contributed by atoms with E-state index in [9.17, 15) is 30.3 Å². The fourth-order valence-electron chi connectivity index (χ4n) is 8.74. The third-order valence-corrected chi connectivity index (χ3v) is 12.2. The van der Waals surface area contributed by atoms with E-state index in [0.29, 0.717) is 13.0 Å². The van der Waals surface area contributed by atoms with Crippen molar-refractivity contribution in [1.82, 2.24) is 9.80 Å². The molecule has 0 aliphatic carbocycles. The average molecular weight is 749 g/mol. The van der Waals surface area contributed by atoms with Crippen molar-refractivity contribution in [2.45, 2.75) is 185 Å². The molecule has 0 aromatic carbocycles. The Hall–Kier alpha value is -1.01. The molecule has 0 aromatic rings. The number of aliphatic hydroxyl groups is 5. The Morgan fingerprint density at radius 1 is 0.942 bits per heavy atom. The number of rotatable bonds is 7. The number of carbonyl (C=O) groups excluding carboxylic acids is 1. The quantitative estimate of drug-likeness (QED) is 0.238. The van der Waals surface area contributed by atoms with E-state index in [1.54, 1.807) is 41.5 Å². The molecule has 14 nitrogen and oxygen atoms in total. The highest BCUT2D eigenvalue weighted by molar-refractivity contribution is 5.73. The number of hydrogen-bond donors (Lipinski definition) is 5. The van der Waals surface area contributed by atoms with Gasteiger partial charge in [-0.1, -0.05) is 20.8 Å². The zero-order valence-corrected chi connectivity index (χ0v) is 34.2. The van der Waals surface area contributed by atoms with Crippen LogP contribution in [0.2, 0.25) is 0 Å². The molecule has 306 valence electrons. The van der Waals surface area contributed by atoms with Crippen LogP contribution in [0.4, 0.5) is 0 Å². The lowest BCUT2D eigenvalue weighted by atomic mass is 9.77. The lowest BCUT2D eigenvalue weighted by molar-refractivity contribution is -0.318. The second kappa shape index (κ2) is 17.8. The van der Waals surface area contributed by atoms with Gasteiger partial charge in [-0.15, -0.1) is 0 Å². The van der Waals surface area contributed by atoms with E-state index in [0.717, 1.165) is 0 Å². The van der Waals surface area contributed by atoms with Gasteiger partial charge in [0.25, 0.3) is 0 Å². The average Bonchev–Trinajstić information content (AvgIpc) is 3.05. The highest BCUT2D eigenvalue weighted by Gasteiger charge is 2.52. The fraction of sp³-hybridized carbons (Fsp3) is 0.974. The van der Waals surface area contributed by atoms with E-state index in [1.807, 2.05) is 51.7 Å². The summed E-state index contributed by atoms with van der Waals surface area (Å²) in [6.07, 6.45) is -8.19. The zero-order chi connectivity index (χ0) is 39.7. The number of hydrogen-bond acceptors (Lipinski definition) is 14. The second-order valence-corrected chi connectivity index (χ2v) is 17.2. The van der Waals surface area contributed by atoms with Crippen LogP contribution in [0, 0.1) is 17.8 Å². The minimum Gasteiger partial charge on any atom is -0.459 e. The molecule has 18 atom stereocenters. The van der Waals surface area contributed by atoms with Gasteiger partial charge >= 0.3 is 5.97 Å². The van der Waals surface area contributed by atoms with Crippen LogP contribution in [-0.4, -0.2) is 166 Å². The van der Waals surface area contributed by atoms with Crippen LogP contribution in [0.1, 0.15) is 94.9 Å². The Labute approximate surface area is 312 Å². The molecule has 3 aliphatic heterocycles. The molecule has 0 aromatic heterocycles. The number of likely N-dealkylation sites (N-methyl/N-ethyl adjacent to an activating group) is 2. The van der Waals surface area contributed by atoms with E-state index in [1.165, 1.54) is 14.0 Å². The first-order chi connectivity index (χ1) is 23.9. The summed E-state index contributed by atoms with van der Waals surface area (Å²) in [5, 5.41) is 58.1. The van der Waals surface area contributed by atoms with Gasteiger partial charge in [-0.3, -0.25) is 4.79 Å². The van der Waals surface area contributed by atoms with Crippen molar-refractivity contribution >= 4 is 5.97 Å². The van der Waals surface area contributed by atoms with Crippen molar-refractivity contribution in [3.05, 3.63) is 0 Å². The topological polar surface area (TPSA) is 180 Å². The number of esters is 1. The van der Waals surface area contributed by atoms with Crippen LogP contribution in [-0.2, 0) is 33.2 Å². The first-order valence-corrected chi connectivity index (χ1v) is 19.1. The van der Waals surface area contributed by atoms with Gasteiger partial charge in [0.2, 0.25) is 0 Å². The van der Waals surface area contributed by atoms with Gasteiger partial charge in [0.1, 0.15) is 30.0 Å². The number of ether oxygens (including phenoxy) is 6. The molecule has 5 N–H and O–H groups in total. The molecule has 3 fully saturated rings. The van der Waals surface area contributed by atoms with Crippen molar-refractivity contribution in [1.29, 1.82) is 0 Å². The Bertz CT molecular complexity index is 1140. The van der Waals surface area contributed by atoms with E-state index >= 15 is 0 Å². The molecular formula is C38H72N2O12. The largest absolute Gasteiger partial charge is 0.459 e. The third-order valence-electron chi connectivity index (χ3n) is 12.2. The highest BCUT2D eigenvalue weighted by atomic mass is 16.7. The maximum Gasteiger partial charge on any atom is 0.311 e. The lowest BCUT2D eigenvalue weighted by Gasteiger charge is -2.48. The monoisotopic (exact) mass is 749 g/mol. The van der Waals surface area contributed by atoms with Gasteiger partial charge in [0.15, 0.2) is 12.6 Å². The number of methoxy groups -OCH3 is 1. The Balaban J connectivity index is 2.17. The van der Waals surface area contributed by atoms with Crippen molar-refractivity contribution in [3.63, 3.8) is 0 Å². The molecule has 3 aliphatic rings. The Kier molecular flexibility index (Phi) is 15.6. The molecule has 0 bridgehead atoms. The van der Waals surface area contributed by atoms with Crippen LogP contribution in [0.5, 0.6) is 0 Å². The number of nitrogens with zero attached hydrogens (tertiary/aromatic N) is 2. The highest BCUT2D eigenvalue weighted by Crippen LogP contribution is 2.40. The van der Waals surface area contributed by atoms with Crippen molar-refractivity contribution < 1.29 is 58.7 Å². The third kappa shape index (κ3) is 10.0.